The lowest BCUT2D eigenvalue weighted by atomic mass is 9.65. The van der Waals surface area contributed by atoms with Gasteiger partial charge < -0.3 is 0 Å². The van der Waals surface area contributed by atoms with Crippen LogP contribution in [0.2, 0.25) is 0 Å². The lowest BCUT2D eigenvalue weighted by Gasteiger charge is -2.07. The predicted molar refractivity (Wildman–Crippen MR) is 87.2 cm³/mol. The molecule has 2 heterocycles. The zero-order valence-corrected chi connectivity index (χ0v) is 12.2. The van der Waals surface area contributed by atoms with Gasteiger partial charge in [-0.05, 0) is 40.6 Å². The number of nitrogens with zero attached hydrogens (tertiary/aromatic N) is 2. The fourth-order valence-corrected chi connectivity index (χ4v) is 3.14. The molecule has 21 heavy (non-hydrogen) atoms. The van der Waals surface area contributed by atoms with Crippen molar-refractivity contribution in [3.8, 4) is 0 Å². The summed E-state index contributed by atoms with van der Waals surface area (Å²) in [6, 6.07) is 16.9. The van der Waals surface area contributed by atoms with Crippen LogP contribution in [0.3, 0.4) is 0 Å². The fraction of sp³-hybridized carbons (Fsp3) is 0.111. The number of fused-ring (bicyclic) bond motifs is 2. The van der Waals surface area contributed by atoms with Crippen molar-refractivity contribution in [2.75, 3.05) is 0 Å². The molecule has 1 aliphatic heterocycles. The Kier molecular flexibility index (Phi) is 2.68. The van der Waals surface area contributed by atoms with Gasteiger partial charge in [0, 0.05) is 0 Å². The normalized spacial score (nSPS) is 13.4. The van der Waals surface area contributed by atoms with E-state index in [1.54, 1.807) is 0 Å². The highest BCUT2D eigenvalue weighted by Crippen LogP contribution is 2.30. The summed E-state index contributed by atoms with van der Waals surface area (Å²) >= 11 is 0. The van der Waals surface area contributed by atoms with Crippen LogP contribution in [0.25, 0.3) is 21.9 Å². The zero-order valence-electron chi connectivity index (χ0n) is 12.2. The van der Waals surface area contributed by atoms with Crippen LogP contribution < -0.4 is 10.0 Å². The van der Waals surface area contributed by atoms with E-state index in [4.69, 9.17) is 0 Å². The zero-order chi connectivity index (χ0) is 14.4. The molecule has 99 valence electrons. The van der Waals surface area contributed by atoms with Crippen LogP contribution in [-0.4, -0.2) is 12.3 Å². The van der Waals surface area contributed by atoms with Gasteiger partial charge in [-0.15, -0.1) is 0 Å². The molecule has 4 rings (SSSR count). The number of hydrogen-bond donors (Lipinski definition) is 0. The van der Waals surface area contributed by atoms with Crippen molar-refractivity contribution in [1.29, 1.82) is 0 Å². The number of hydrogen-bond acceptors (Lipinski definition) is 1. The average molecular weight is 270 g/mol. The van der Waals surface area contributed by atoms with E-state index in [1.807, 2.05) is 12.4 Å². The molecular weight excluding hydrogens is 255 g/mol. The van der Waals surface area contributed by atoms with E-state index in [9.17, 15) is 0 Å². The van der Waals surface area contributed by atoms with Crippen LogP contribution in [0.15, 0.2) is 54.9 Å². The van der Waals surface area contributed by atoms with Crippen molar-refractivity contribution in [2.24, 2.45) is 7.05 Å². The number of para-hydroxylation sites is 1. The Bertz CT molecular complexity index is 897. The monoisotopic (exact) mass is 270 g/mol. The molecule has 2 nitrogen and oxygen atoms in total. The molecule has 1 aliphatic rings. The minimum atomic E-state index is 1.04. The largest absolute Gasteiger partial charge is 0.287 e. The van der Waals surface area contributed by atoms with E-state index in [2.05, 4.69) is 73.3 Å². The maximum atomic E-state index is 4.51. The molecule has 0 N–H and O–H groups in total. The maximum Gasteiger partial charge on any atom is 0.287 e. The highest BCUT2D eigenvalue weighted by molar-refractivity contribution is 6.78. The van der Waals surface area contributed by atoms with E-state index >= 15 is 0 Å². The fourth-order valence-electron chi connectivity index (χ4n) is 3.14. The van der Waals surface area contributed by atoms with Crippen LogP contribution in [0.4, 0.5) is 0 Å². The summed E-state index contributed by atoms with van der Waals surface area (Å²) in [6.45, 7) is 2.20. The molecule has 0 unspecified atom stereocenters. The summed E-state index contributed by atoms with van der Waals surface area (Å²) in [5.41, 5.74) is 7.51. The first-order chi connectivity index (χ1) is 10.3. The van der Waals surface area contributed by atoms with Crippen molar-refractivity contribution in [1.82, 2.24) is 4.98 Å². The summed E-state index contributed by atoms with van der Waals surface area (Å²) < 4.78 is 2.11. The molecule has 0 atom stereocenters. The molecule has 0 saturated carbocycles. The summed E-state index contributed by atoms with van der Waals surface area (Å²) in [5.74, 6) is 0. The first-order valence-electron chi connectivity index (χ1n) is 7.14. The third-order valence-electron chi connectivity index (χ3n) is 4.21. The van der Waals surface area contributed by atoms with Gasteiger partial charge in [-0.2, -0.15) is 0 Å². The van der Waals surface area contributed by atoms with Crippen LogP contribution in [0.5, 0.6) is 0 Å². The quantitative estimate of drug-likeness (QED) is 0.489. The maximum absolute atomic E-state index is 4.51. The van der Waals surface area contributed by atoms with Crippen molar-refractivity contribution < 1.29 is 4.57 Å². The summed E-state index contributed by atoms with van der Waals surface area (Å²) in [6.07, 6.45) is 1.90. The Balaban J connectivity index is 2.01. The Hall–Kier alpha value is -2.42. The number of allylic oxidation sites excluding steroid dienone is 1. The molecule has 0 saturated heterocycles. The third kappa shape index (κ3) is 1.81. The van der Waals surface area contributed by atoms with E-state index < -0.39 is 0 Å². The van der Waals surface area contributed by atoms with Gasteiger partial charge in [0.05, 0.1) is 12.4 Å². The molecule has 0 fully saturated rings. The predicted octanol–water partition coefficient (Wildman–Crippen LogP) is 2.29. The lowest BCUT2D eigenvalue weighted by molar-refractivity contribution is -0.675. The molecular formula is C18H15BN2+. The summed E-state index contributed by atoms with van der Waals surface area (Å²) in [4.78, 5) is 4.51. The Morgan fingerprint density at radius 1 is 1.00 bits per heavy atom. The lowest BCUT2D eigenvalue weighted by Crippen LogP contribution is -2.35. The minimum Gasteiger partial charge on any atom is -0.233 e. The molecule has 1 radical (unpaired) electrons. The van der Waals surface area contributed by atoms with Crippen LogP contribution >= 0.6 is 0 Å². The van der Waals surface area contributed by atoms with Crippen LogP contribution in [-0.2, 0) is 7.05 Å². The molecule has 0 spiro atoms. The van der Waals surface area contributed by atoms with Gasteiger partial charge in [-0.3, -0.25) is 0 Å². The van der Waals surface area contributed by atoms with Gasteiger partial charge >= 0.3 is 0 Å². The Labute approximate surface area is 125 Å². The standard InChI is InChI=1S/C18H15BN2/c1-12-13-7-3-5-9-15(13)19-17(12)18-14-8-4-6-10-16(14)20-11-21(18)2/h3-11H,1-2H3/q+1. The van der Waals surface area contributed by atoms with Gasteiger partial charge in [0.1, 0.15) is 5.69 Å². The Morgan fingerprint density at radius 3 is 2.62 bits per heavy atom. The first-order valence-corrected chi connectivity index (χ1v) is 7.14. The first kappa shape index (κ1) is 12.3. The smallest absolute Gasteiger partial charge is 0.233 e. The van der Waals surface area contributed by atoms with E-state index in [0.717, 1.165) is 5.52 Å². The second kappa shape index (κ2) is 4.56. The van der Waals surface area contributed by atoms with E-state index in [-0.39, 0.29) is 0 Å². The van der Waals surface area contributed by atoms with E-state index in [0.29, 0.717) is 0 Å². The van der Waals surface area contributed by atoms with E-state index in [1.165, 1.54) is 33.2 Å². The molecule has 0 aliphatic carbocycles. The van der Waals surface area contributed by atoms with Gasteiger partial charge in [-0.1, -0.05) is 41.9 Å². The van der Waals surface area contributed by atoms with Gasteiger partial charge in [0.25, 0.3) is 6.33 Å². The summed E-state index contributed by atoms with van der Waals surface area (Å²) in [5, 5.41) is 1.20. The van der Waals surface area contributed by atoms with Gasteiger partial charge in [0.2, 0.25) is 0 Å². The Morgan fingerprint density at radius 2 is 1.76 bits per heavy atom. The van der Waals surface area contributed by atoms with Crippen molar-refractivity contribution in [3.05, 3.63) is 66.1 Å². The molecule has 2 aromatic carbocycles. The third-order valence-corrected chi connectivity index (χ3v) is 4.21. The topological polar surface area (TPSA) is 16.8 Å². The van der Waals surface area contributed by atoms with Crippen molar-refractivity contribution >= 4 is 34.7 Å². The number of aryl methyl sites for hydroxylation is 1. The molecule has 1 aromatic heterocycles. The van der Waals surface area contributed by atoms with Crippen molar-refractivity contribution in [2.45, 2.75) is 6.92 Å². The average Bonchev–Trinajstić information content (AvgIpc) is 2.84. The number of aromatic nitrogens is 2. The second-order valence-electron chi connectivity index (χ2n) is 5.49. The minimum absolute atomic E-state index is 1.04. The van der Waals surface area contributed by atoms with Gasteiger partial charge in [0.15, 0.2) is 12.8 Å². The van der Waals surface area contributed by atoms with Gasteiger partial charge in [-0.25, -0.2) is 4.57 Å². The highest BCUT2D eigenvalue weighted by Gasteiger charge is 2.25. The van der Waals surface area contributed by atoms with Crippen LogP contribution in [0, 0.1) is 0 Å². The molecule has 0 amide bonds. The number of benzene rings is 2. The molecule has 3 heteroatoms. The second-order valence-corrected chi connectivity index (χ2v) is 5.49. The molecule has 3 aromatic rings. The number of rotatable bonds is 1. The highest BCUT2D eigenvalue weighted by atomic mass is 15.0. The SMILES string of the molecule is CC1=C(c2c3ccccc3nc[n+]2C)[B]c2ccccc21. The summed E-state index contributed by atoms with van der Waals surface area (Å²) in [7, 11) is 4.35. The molecule has 0 bridgehead atoms. The van der Waals surface area contributed by atoms with Crippen LogP contribution in [0.1, 0.15) is 18.2 Å². The van der Waals surface area contributed by atoms with Crippen molar-refractivity contribution in [3.63, 3.8) is 0 Å².